The molecule has 0 amide bonds. The number of imidazole rings is 2. The van der Waals surface area contributed by atoms with Crippen LogP contribution in [0.1, 0.15) is 5.82 Å². The van der Waals surface area contributed by atoms with Crippen LogP contribution in [0.25, 0.3) is 22.6 Å². The molecule has 0 saturated heterocycles. The molecular weight excluding hydrogens is 301 g/mol. The minimum atomic E-state index is 0.424. The van der Waals surface area contributed by atoms with Crippen LogP contribution >= 0.6 is 0 Å². The van der Waals surface area contributed by atoms with E-state index in [1.807, 2.05) is 62.2 Å². The highest BCUT2D eigenvalue weighted by Crippen LogP contribution is 2.23. The Morgan fingerprint density at radius 3 is 3.00 bits per heavy atom. The lowest BCUT2D eigenvalue weighted by Crippen LogP contribution is -2.02. The standard InChI is InChI=1S/C17H16BN5O/c1-23-6-5-19-15(23)10-24-13-4-2-3-11(7-13)16-21-14-8-12(18)9-20-17(14)22-16/h2-9H,10,18H2,1H3,(H,20,21,22). The lowest BCUT2D eigenvalue weighted by atomic mass is 9.99. The number of nitrogens with zero attached hydrogens (tertiary/aromatic N) is 4. The molecule has 0 aliphatic carbocycles. The minimum absolute atomic E-state index is 0.424. The van der Waals surface area contributed by atoms with E-state index in [9.17, 15) is 0 Å². The first-order valence-electron chi connectivity index (χ1n) is 7.71. The van der Waals surface area contributed by atoms with Crippen molar-refractivity contribution >= 4 is 24.5 Å². The first-order chi connectivity index (χ1) is 11.7. The summed E-state index contributed by atoms with van der Waals surface area (Å²) in [6, 6.07) is 9.89. The van der Waals surface area contributed by atoms with Gasteiger partial charge in [-0.15, -0.1) is 0 Å². The lowest BCUT2D eigenvalue weighted by Gasteiger charge is -2.07. The third-order valence-corrected chi connectivity index (χ3v) is 3.87. The number of hydrogen-bond acceptors (Lipinski definition) is 4. The summed E-state index contributed by atoms with van der Waals surface area (Å²) in [6.45, 7) is 0.424. The van der Waals surface area contributed by atoms with Gasteiger partial charge in [0.1, 0.15) is 31.9 Å². The number of aryl methyl sites for hydroxylation is 1. The first kappa shape index (κ1) is 14.5. The van der Waals surface area contributed by atoms with Crippen LogP contribution in [-0.4, -0.2) is 32.3 Å². The molecule has 3 aromatic heterocycles. The maximum atomic E-state index is 5.85. The largest absolute Gasteiger partial charge is 0.486 e. The van der Waals surface area contributed by atoms with Gasteiger partial charge in [0.15, 0.2) is 5.65 Å². The number of fused-ring (bicyclic) bond motifs is 1. The van der Waals surface area contributed by atoms with Gasteiger partial charge in [0.2, 0.25) is 0 Å². The van der Waals surface area contributed by atoms with E-state index in [0.717, 1.165) is 39.6 Å². The van der Waals surface area contributed by atoms with Crippen molar-refractivity contribution in [2.24, 2.45) is 7.05 Å². The molecule has 0 atom stereocenters. The average molecular weight is 317 g/mol. The fourth-order valence-electron chi connectivity index (χ4n) is 2.56. The number of H-pyrrole nitrogens is 1. The first-order valence-corrected chi connectivity index (χ1v) is 7.71. The smallest absolute Gasteiger partial charge is 0.178 e. The van der Waals surface area contributed by atoms with Gasteiger partial charge in [-0.25, -0.2) is 15.0 Å². The van der Waals surface area contributed by atoms with Crippen LogP contribution in [0.5, 0.6) is 5.75 Å². The van der Waals surface area contributed by atoms with Gasteiger partial charge < -0.3 is 14.3 Å². The van der Waals surface area contributed by atoms with Gasteiger partial charge in [0.25, 0.3) is 0 Å². The molecule has 0 unspecified atom stereocenters. The van der Waals surface area contributed by atoms with Crippen molar-refractivity contribution in [2.75, 3.05) is 0 Å². The summed E-state index contributed by atoms with van der Waals surface area (Å²) in [4.78, 5) is 16.5. The second-order valence-corrected chi connectivity index (χ2v) is 5.74. The van der Waals surface area contributed by atoms with Gasteiger partial charge in [-0.1, -0.05) is 17.6 Å². The molecule has 24 heavy (non-hydrogen) atoms. The van der Waals surface area contributed by atoms with Crippen LogP contribution in [0.3, 0.4) is 0 Å². The van der Waals surface area contributed by atoms with Crippen molar-refractivity contribution in [3.05, 3.63) is 54.7 Å². The normalized spacial score (nSPS) is 11.0. The third-order valence-electron chi connectivity index (χ3n) is 3.87. The topological polar surface area (TPSA) is 68.6 Å². The number of benzene rings is 1. The highest BCUT2D eigenvalue weighted by atomic mass is 16.5. The summed E-state index contributed by atoms with van der Waals surface area (Å²) in [5, 5.41) is 0. The molecule has 7 heteroatoms. The highest BCUT2D eigenvalue weighted by molar-refractivity contribution is 6.32. The number of ether oxygens (including phenoxy) is 1. The molecular formula is C17H16BN5O. The Morgan fingerprint density at radius 1 is 1.25 bits per heavy atom. The van der Waals surface area contributed by atoms with Crippen molar-refractivity contribution in [1.82, 2.24) is 24.5 Å². The van der Waals surface area contributed by atoms with Crippen LogP contribution < -0.4 is 10.2 Å². The Hall–Kier alpha value is -3.09. The number of rotatable bonds is 4. The summed E-state index contributed by atoms with van der Waals surface area (Å²) in [7, 11) is 3.96. The summed E-state index contributed by atoms with van der Waals surface area (Å²) in [5.74, 6) is 2.44. The molecule has 4 rings (SSSR count). The Kier molecular flexibility index (Phi) is 3.53. The molecule has 0 bridgehead atoms. The molecule has 1 N–H and O–H groups in total. The van der Waals surface area contributed by atoms with E-state index in [4.69, 9.17) is 4.74 Å². The van der Waals surface area contributed by atoms with E-state index in [0.29, 0.717) is 6.61 Å². The molecule has 3 heterocycles. The number of aromatic amines is 1. The van der Waals surface area contributed by atoms with Gasteiger partial charge in [0.05, 0.1) is 5.52 Å². The Balaban J connectivity index is 1.60. The molecule has 0 radical (unpaired) electrons. The quantitative estimate of drug-likeness (QED) is 0.574. The second kappa shape index (κ2) is 5.84. The van der Waals surface area contributed by atoms with Crippen molar-refractivity contribution in [3.8, 4) is 17.1 Å². The van der Waals surface area contributed by atoms with Crippen molar-refractivity contribution in [2.45, 2.75) is 6.61 Å². The molecule has 1 aromatic carbocycles. The van der Waals surface area contributed by atoms with Gasteiger partial charge in [-0.2, -0.15) is 0 Å². The van der Waals surface area contributed by atoms with E-state index < -0.39 is 0 Å². The minimum Gasteiger partial charge on any atom is -0.486 e. The molecule has 6 nitrogen and oxygen atoms in total. The molecule has 0 spiro atoms. The zero-order chi connectivity index (χ0) is 16.5. The van der Waals surface area contributed by atoms with Gasteiger partial charge in [-0.05, 0) is 18.2 Å². The highest BCUT2D eigenvalue weighted by Gasteiger charge is 2.08. The molecule has 0 aliphatic heterocycles. The SMILES string of the molecule is Bc1cnc2nc(-c3cccc(OCc4nccn4C)c3)[nH]c2c1. The molecule has 0 fully saturated rings. The van der Waals surface area contributed by atoms with Gasteiger partial charge in [0, 0.05) is 31.2 Å². The van der Waals surface area contributed by atoms with Gasteiger partial charge in [-0.3, -0.25) is 0 Å². The summed E-state index contributed by atoms with van der Waals surface area (Å²) in [6.07, 6.45) is 5.48. The summed E-state index contributed by atoms with van der Waals surface area (Å²) >= 11 is 0. The summed E-state index contributed by atoms with van der Waals surface area (Å²) < 4.78 is 7.79. The number of aromatic nitrogens is 5. The average Bonchev–Trinajstić information content (AvgIpc) is 3.19. The van der Waals surface area contributed by atoms with Crippen LogP contribution in [0.2, 0.25) is 0 Å². The second-order valence-electron chi connectivity index (χ2n) is 5.74. The zero-order valence-corrected chi connectivity index (χ0v) is 13.5. The predicted molar refractivity (Wildman–Crippen MR) is 95.0 cm³/mol. The fourth-order valence-corrected chi connectivity index (χ4v) is 2.56. The number of nitrogens with one attached hydrogen (secondary N) is 1. The van der Waals surface area contributed by atoms with Crippen molar-refractivity contribution in [3.63, 3.8) is 0 Å². The maximum absolute atomic E-state index is 5.85. The van der Waals surface area contributed by atoms with Crippen molar-refractivity contribution in [1.29, 1.82) is 0 Å². The molecule has 0 aliphatic rings. The van der Waals surface area contributed by atoms with Crippen LogP contribution in [0, 0.1) is 0 Å². The van der Waals surface area contributed by atoms with E-state index >= 15 is 0 Å². The van der Waals surface area contributed by atoms with E-state index in [1.54, 1.807) is 6.20 Å². The van der Waals surface area contributed by atoms with E-state index in [2.05, 4.69) is 19.9 Å². The number of hydrogen-bond donors (Lipinski definition) is 1. The summed E-state index contributed by atoms with van der Waals surface area (Å²) in [5.41, 5.74) is 3.71. The Morgan fingerprint density at radius 2 is 2.17 bits per heavy atom. The maximum Gasteiger partial charge on any atom is 0.178 e. The van der Waals surface area contributed by atoms with E-state index in [-0.39, 0.29) is 0 Å². The van der Waals surface area contributed by atoms with Crippen LogP contribution in [0.15, 0.2) is 48.9 Å². The van der Waals surface area contributed by atoms with Crippen molar-refractivity contribution < 1.29 is 4.74 Å². The zero-order valence-electron chi connectivity index (χ0n) is 13.5. The number of pyridine rings is 1. The third kappa shape index (κ3) is 2.76. The van der Waals surface area contributed by atoms with Gasteiger partial charge >= 0.3 is 0 Å². The Labute approximate surface area is 140 Å². The monoisotopic (exact) mass is 317 g/mol. The molecule has 4 aromatic rings. The van der Waals surface area contributed by atoms with Crippen LogP contribution in [0.4, 0.5) is 0 Å². The lowest BCUT2D eigenvalue weighted by molar-refractivity contribution is 0.292. The molecule has 118 valence electrons. The van der Waals surface area contributed by atoms with Crippen LogP contribution in [-0.2, 0) is 13.7 Å². The molecule has 0 saturated carbocycles. The fraction of sp³-hybridized carbons (Fsp3) is 0.118. The Bertz CT molecular complexity index is 1010. The van der Waals surface area contributed by atoms with E-state index in [1.165, 1.54) is 0 Å². The predicted octanol–water partition coefficient (Wildman–Crippen LogP) is 1.20.